The number of aliphatic carboxylic acids is 1. The van der Waals surface area contributed by atoms with Crippen LogP contribution in [0.4, 0.5) is 18.0 Å². The van der Waals surface area contributed by atoms with E-state index in [0.717, 1.165) is 0 Å². The molecule has 0 unspecified atom stereocenters. The third-order valence-electron chi connectivity index (χ3n) is 1.44. The predicted octanol–water partition coefficient (Wildman–Crippen LogP) is 0.199. The Kier molecular flexibility index (Phi) is 2.37. The zero-order valence-corrected chi connectivity index (χ0v) is 6.55. The summed E-state index contributed by atoms with van der Waals surface area (Å²) in [6.07, 6.45) is -4.37. The number of carbonyl (C=O) groups excluding carboxylic acids is 1. The Morgan fingerprint density at radius 2 is 2.07 bits per heavy atom. The third kappa shape index (κ3) is 2.15. The molecular formula is C6H5F3N2O3. The first-order valence-corrected chi connectivity index (χ1v) is 3.40. The minimum Gasteiger partial charge on any atom is -0.479 e. The Morgan fingerprint density at radius 3 is 2.50 bits per heavy atom. The van der Waals surface area contributed by atoms with Crippen molar-refractivity contribution in [2.24, 2.45) is 0 Å². The highest BCUT2D eigenvalue weighted by Crippen LogP contribution is 2.24. The summed E-state index contributed by atoms with van der Waals surface area (Å²) in [5.74, 6) is -1.55. The molecule has 0 radical (unpaired) electrons. The summed E-state index contributed by atoms with van der Waals surface area (Å²) in [5, 5.41) is 11.6. The van der Waals surface area contributed by atoms with Gasteiger partial charge in [0.05, 0.1) is 0 Å². The first-order chi connectivity index (χ1) is 6.30. The van der Waals surface area contributed by atoms with E-state index in [1.165, 1.54) is 5.32 Å². The molecule has 3 N–H and O–H groups in total. The number of carboxylic acids is 1. The van der Waals surface area contributed by atoms with Gasteiger partial charge in [0.15, 0.2) is 0 Å². The molecule has 5 nitrogen and oxygen atoms in total. The average Bonchev–Trinajstić information content (AvgIpc) is 2.01. The zero-order chi connectivity index (χ0) is 10.9. The molecule has 0 aromatic carbocycles. The molecule has 0 aromatic heterocycles. The Hall–Kier alpha value is -1.73. The normalized spacial score (nSPS) is 22.1. The van der Waals surface area contributed by atoms with Gasteiger partial charge >= 0.3 is 18.2 Å². The van der Waals surface area contributed by atoms with Crippen molar-refractivity contribution in [3.05, 3.63) is 11.8 Å². The van der Waals surface area contributed by atoms with Crippen molar-refractivity contribution in [1.29, 1.82) is 0 Å². The van der Waals surface area contributed by atoms with Crippen molar-refractivity contribution in [3.63, 3.8) is 0 Å². The molecule has 1 aliphatic rings. The van der Waals surface area contributed by atoms with Crippen molar-refractivity contribution < 1.29 is 27.9 Å². The van der Waals surface area contributed by atoms with E-state index in [1.54, 1.807) is 5.32 Å². The summed E-state index contributed by atoms with van der Waals surface area (Å²) in [5.41, 5.74) is -1.37. The quantitative estimate of drug-likeness (QED) is 0.578. The minimum atomic E-state index is -4.76. The van der Waals surface area contributed by atoms with E-state index in [0.29, 0.717) is 6.08 Å². The molecule has 14 heavy (non-hydrogen) atoms. The van der Waals surface area contributed by atoms with Crippen LogP contribution in [0.5, 0.6) is 0 Å². The largest absolute Gasteiger partial charge is 0.479 e. The van der Waals surface area contributed by atoms with Crippen molar-refractivity contribution in [1.82, 2.24) is 10.6 Å². The molecule has 0 fully saturated rings. The number of alkyl halides is 3. The minimum absolute atomic E-state index is 0.393. The van der Waals surface area contributed by atoms with Crippen LogP contribution in [0.2, 0.25) is 0 Å². The van der Waals surface area contributed by atoms with Gasteiger partial charge in [-0.15, -0.1) is 0 Å². The van der Waals surface area contributed by atoms with Gasteiger partial charge in [-0.25, -0.2) is 9.59 Å². The number of hydrogen-bond acceptors (Lipinski definition) is 2. The average molecular weight is 210 g/mol. The highest BCUT2D eigenvalue weighted by Gasteiger charge is 2.39. The SMILES string of the molecule is O=C1NC(C(F)(F)F)=C[C@@H](C(=O)O)N1. The molecular weight excluding hydrogens is 205 g/mol. The summed E-state index contributed by atoms with van der Waals surface area (Å²) < 4.78 is 36.1. The van der Waals surface area contributed by atoms with Crippen LogP contribution < -0.4 is 10.6 Å². The number of amides is 2. The smallest absolute Gasteiger partial charge is 0.431 e. The molecule has 0 aromatic rings. The van der Waals surface area contributed by atoms with Crippen LogP contribution in [0.3, 0.4) is 0 Å². The maximum Gasteiger partial charge on any atom is 0.431 e. The maximum absolute atomic E-state index is 12.0. The highest BCUT2D eigenvalue weighted by molar-refractivity contribution is 5.87. The molecule has 0 bridgehead atoms. The third-order valence-corrected chi connectivity index (χ3v) is 1.44. The van der Waals surface area contributed by atoms with Crippen molar-refractivity contribution >= 4 is 12.0 Å². The van der Waals surface area contributed by atoms with Crippen LogP contribution in [0.25, 0.3) is 0 Å². The lowest BCUT2D eigenvalue weighted by Crippen LogP contribution is -2.51. The monoisotopic (exact) mass is 210 g/mol. The number of hydrogen-bond donors (Lipinski definition) is 3. The van der Waals surface area contributed by atoms with Gasteiger partial charge in [-0.3, -0.25) is 0 Å². The fourth-order valence-electron chi connectivity index (χ4n) is 0.848. The number of urea groups is 1. The van der Waals surface area contributed by atoms with Gasteiger partial charge in [0, 0.05) is 0 Å². The van der Waals surface area contributed by atoms with Gasteiger partial charge < -0.3 is 15.7 Å². The fourth-order valence-corrected chi connectivity index (χ4v) is 0.848. The van der Waals surface area contributed by atoms with Gasteiger partial charge in [0.1, 0.15) is 11.7 Å². The Labute approximate surface area is 75.6 Å². The number of carboxylic acid groups (broad SMARTS) is 1. The number of halogens is 3. The number of carbonyl (C=O) groups is 2. The number of rotatable bonds is 1. The van der Waals surface area contributed by atoms with Gasteiger partial charge in [-0.05, 0) is 6.08 Å². The van der Waals surface area contributed by atoms with E-state index in [9.17, 15) is 22.8 Å². The zero-order valence-electron chi connectivity index (χ0n) is 6.55. The Morgan fingerprint density at radius 1 is 1.50 bits per heavy atom. The topological polar surface area (TPSA) is 78.4 Å². The second-order valence-electron chi connectivity index (χ2n) is 2.49. The second kappa shape index (κ2) is 3.20. The van der Waals surface area contributed by atoms with Gasteiger partial charge in [0.25, 0.3) is 0 Å². The van der Waals surface area contributed by atoms with E-state index in [4.69, 9.17) is 5.11 Å². The van der Waals surface area contributed by atoms with Gasteiger partial charge in [0.2, 0.25) is 0 Å². The lowest BCUT2D eigenvalue weighted by molar-refractivity contribution is -0.138. The summed E-state index contributed by atoms with van der Waals surface area (Å²) in [4.78, 5) is 20.9. The fraction of sp³-hybridized carbons (Fsp3) is 0.333. The molecule has 0 saturated carbocycles. The summed E-state index contributed by atoms with van der Waals surface area (Å²) in [6, 6.07) is -2.84. The summed E-state index contributed by atoms with van der Waals surface area (Å²) in [6.45, 7) is 0. The van der Waals surface area contributed by atoms with Crippen LogP contribution in [-0.4, -0.2) is 29.3 Å². The van der Waals surface area contributed by atoms with E-state index >= 15 is 0 Å². The summed E-state index contributed by atoms with van der Waals surface area (Å²) in [7, 11) is 0. The molecule has 0 aliphatic carbocycles. The standard InChI is InChI=1S/C6H5F3N2O3/c7-6(8,9)3-1-2(4(12)13)10-5(14)11-3/h1-2H,(H,12,13)(H2,10,11,14)/t2-/m0/s1. The molecule has 1 heterocycles. The Balaban J connectivity index is 2.96. The highest BCUT2D eigenvalue weighted by atomic mass is 19.4. The lowest BCUT2D eigenvalue weighted by atomic mass is 10.2. The van der Waals surface area contributed by atoms with Crippen LogP contribution in [-0.2, 0) is 4.79 Å². The Bertz CT molecular complexity index is 310. The van der Waals surface area contributed by atoms with Crippen LogP contribution >= 0.6 is 0 Å². The summed E-state index contributed by atoms with van der Waals surface area (Å²) >= 11 is 0. The van der Waals surface area contributed by atoms with Crippen molar-refractivity contribution in [3.8, 4) is 0 Å². The van der Waals surface area contributed by atoms with Gasteiger partial charge in [-0.1, -0.05) is 0 Å². The van der Waals surface area contributed by atoms with Crippen LogP contribution in [0.1, 0.15) is 0 Å². The molecule has 1 rings (SSSR count). The van der Waals surface area contributed by atoms with E-state index in [-0.39, 0.29) is 0 Å². The molecule has 1 atom stereocenters. The second-order valence-corrected chi connectivity index (χ2v) is 2.49. The first-order valence-electron chi connectivity index (χ1n) is 3.40. The van der Waals surface area contributed by atoms with Crippen molar-refractivity contribution in [2.45, 2.75) is 12.2 Å². The van der Waals surface area contributed by atoms with E-state index in [2.05, 4.69) is 0 Å². The molecule has 0 saturated heterocycles. The maximum atomic E-state index is 12.0. The molecule has 8 heteroatoms. The van der Waals surface area contributed by atoms with Gasteiger partial charge in [-0.2, -0.15) is 13.2 Å². The predicted molar refractivity (Wildman–Crippen MR) is 37.2 cm³/mol. The first kappa shape index (κ1) is 10.4. The molecule has 0 spiro atoms. The molecule has 2 amide bonds. The lowest BCUT2D eigenvalue weighted by Gasteiger charge is -2.21. The van der Waals surface area contributed by atoms with E-state index < -0.39 is 29.9 Å². The van der Waals surface area contributed by atoms with Crippen LogP contribution in [0.15, 0.2) is 11.8 Å². The van der Waals surface area contributed by atoms with E-state index in [1.807, 2.05) is 0 Å². The number of nitrogens with one attached hydrogen (secondary N) is 2. The molecule has 1 aliphatic heterocycles. The number of allylic oxidation sites excluding steroid dienone is 1. The molecule has 78 valence electrons. The van der Waals surface area contributed by atoms with Crippen molar-refractivity contribution in [2.75, 3.05) is 0 Å². The van der Waals surface area contributed by atoms with Crippen LogP contribution in [0, 0.1) is 0 Å².